The summed E-state index contributed by atoms with van der Waals surface area (Å²) in [5, 5.41) is 11.9. The number of furan rings is 1. The highest BCUT2D eigenvalue weighted by molar-refractivity contribution is 5.87. The molecule has 1 saturated heterocycles. The van der Waals surface area contributed by atoms with Gasteiger partial charge in [0.2, 0.25) is 0 Å². The Balaban J connectivity index is 1.74. The van der Waals surface area contributed by atoms with Crippen LogP contribution in [0.5, 0.6) is 0 Å². The second-order valence-electron chi connectivity index (χ2n) is 3.97. The first kappa shape index (κ1) is 11.2. The Morgan fingerprint density at radius 3 is 3.12 bits per heavy atom. The van der Waals surface area contributed by atoms with Crippen molar-refractivity contribution in [2.24, 2.45) is 5.92 Å². The molecule has 1 aliphatic heterocycles. The fourth-order valence-corrected chi connectivity index (χ4v) is 1.73. The van der Waals surface area contributed by atoms with Gasteiger partial charge in [0.25, 0.3) is 0 Å². The van der Waals surface area contributed by atoms with Crippen molar-refractivity contribution >= 4 is 5.97 Å². The first-order valence-electron chi connectivity index (χ1n) is 5.35. The monoisotopic (exact) mass is 225 g/mol. The van der Waals surface area contributed by atoms with E-state index in [4.69, 9.17) is 14.3 Å². The summed E-state index contributed by atoms with van der Waals surface area (Å²) >= 11 is 0. The first-order chi connectivity index (χ1) is 7.75. The molecular weight excluding hydrogens is 210 g/mol. The van der Waals surface area contributed by atoms with Crippen LogP contribution in [0.2, 0.25) is 0 Å². The Labute approximate surface area is 93.4 Å². The van der Waals surface area contributed by atoms with Gasteiger partial charge in [-0.05, 0) is 18.4 Å². The first-order valence-corrected chi connectivity index (χ1v) is 5.35. The second-order valence-corrected chi connectivity index (χ2v) is 3.97. The van der Waals surface area contributed by atoms with Crippen molar-refractivity contribution in [2.45, 2.75) is 13.0 Å². The Hall–Kier alpha value is -1.33. The lowest BCUT2D eigenvalue weighted by molar-refractivity contribution is 0.0696. The Morgan fingerprint density at radius 1 is 1.62 bits per heavy atom. The molecule has 1 aromatic heterocycles. The molecule has 0 saturated carbocycles. The highest BCUT2D eigenvalue weighted by Crippen LogP contribution is 2.11. The fraction of sp³-hybridized carbons (Fsp3) is 0.545. The van der Waals surface area contributed by atoms with Crippen molar-refractivity contribution in [3.63, 3.8) is 0 Å². The highest BCUT2D eigenvalue weighted by atomic mass is 16.5. The van der Waals surface area contributed by atoms with Crippen LogP contribution in [-0.2, 0) is 11.3 Å². The second kappa shape index (κ2) is 5.14. The van der Waals surface area contributed by atoms with Crippen molar-refractivity contribution in [3.8, 4) is 0 Å². The summed E-state index contributed by atoms with van der Waals surface area (Å²) in [6, 6.07) is 1.54. The number of carboxylic acid groups (broad SMARTS) is 1. The summed E-state index contributed by atoms with van der Waals surface area (Å²) in [7, 11) is 0. The maximum absolute atomic E-state index is 10.6. The lowest BCUT2D eigenvalue weighted by Gasteiger charge is -2.07. The van der Waals surface area contributed by atoms with Crippen LogP contribution in [0.15, 0.2) is 16.7 Å². The normalized spacial score (nSPS) is 20.1. The Bertz CT molecular complexity index is 355. The zero-order valence-corrected chi connectivity index (χ0v) is 8.94. The van der Waals surface area contributed by atoms with Crippen LogP contribution in [0, 0.1) is 5.92 Å². The molecule has 0 spiro atoms. The summed E-state index contributed by atoms with van der Waals surface area (Å²) in [4.78, 5) is 10.6. The van der Waals surface area contributed by atoms with Gasteiger partial charge in [0.15, 0.2) is 0 Å². The standard InChI is InChI=1S/C11H15NO4/c13-11(14)9-3-10(16-7-9)5-12-4-8-1-2-15-6-8/h3,7-8,12H,1-2,4-6H2,(H,13,14). The van der Waals surface area contributed by atoms with E-state index in [1.165, 1.54) is 6.26 Å². The molecule has 1 aromatic rings. The predicted octanol–water partition coefficient (Wildman–Crippen LogP) is 1.10. The number of rotatable bonds is 5. The molecule has 0 bridgehead atoms. The zero-order valence-electron chi connectivity index (χ0n) is 8.94. The molecule has 5 heteroatoms. The van der Waals surface area contributed by atoms with Gasteiger partial charge < -0.3 is 19.6 Å². The minimum Gasteiger partial charge on any atom is -0.478 e. The van der Waals surface area contributed by atoms with Gasteiger partial charge in [0, 0.05) is 13.2 Å². The third-order valence-electron chi connectivity index (χ3n) is 2.66. The third-order valence-corrected chi connectivity index (χ3v) is 2.66. The minimum atomic E-state index is -0.959. The quantitative estimate of drug-likeness (QED) is 0.785. The SMILES string of the molecule is O=C(O)c1coc(CNCC2CCOC2)c1. The summed E-state index contributed by atoms with van der Waals surface area (Å²) in [6.07, 6.45) is 2.35. The molecule has 2 heterocycles. The van der Waals surface area contributed by atoms with Crippen molar-refractivity contribution in [3.05, 3.63) is 23.7 Å². The van der Waals surface area contributed by atoms with Gasteiger partial charge >= 0.3 is 5.97 Å². The average molecular weight is 225 g/mol. The van der Waals surface area contributed by atoms with E-state index < -0.39 is 5.97 Å². The maximum atomic E-state index is 10.6. The minimum absolute atomic E-state index is 0.195. The highest BCUT2D eigenvalue weighted by Gasteiger charge is 2.15. The smallest absolute Gasteiger partial charge is 0.338 e. The van der Waals surface area contributed by atoms with Crippen LogP contribution < -0.4 is 5.32 Å². The van der Waals surface area contributed by atoms with Crippen LogP contribution in [-0.4, -0.2) is 30.8 Å². The van der Waals surface area contributed by atoms with E-state index in [2.05, 4.69) is 5.32 Å². The number of carbonyl (C=O) groups is 1. The molecule has 1 atom stereocenters. The Morgan fingerprint density at radius 2 is 2.50 bits per heavy atom. The van der Waals surface area contributed by atoms with E-state index in [-0.39, 0.29) is 5.56 Å². The summed E-state index contributed by atoms with van der Waals surface area (Å²) in [5.41, 5.74) is 0.195. The van der Waals surface area contributed by atoms with Gasteiger partial charge in [-0.25, -0.2) is 4.79 Å². The van der Waals surface area contributed by atoms with Gasteiger partial charge in [-0.1, -0.05) is 0 Å². The van der Waals surface area contributed by atoms with Crippen LogP contribution in [0.3, 0.4) is 0 Å². The molecule has 0 amide bonds. The van der Waals surface area contributed by atoms with E-state index in [0.717, 1.165) is 26.2 Å². The average Bonchev–Trinajstić information content (AvgIpc) is 2.87. The molecule has 0 aromatic carbocycles. The number of ether oxygens (including phenoxy) is 1. The molecular formula is C11H15NO4. The molecule has 2 rings (SSSR count). The van der Waals surface area contributed by atoms with E-state index >= 15 is 0 Å². The number of carboxylic acids is 1. The van der Waals surface area contributed by atoms with Crippen LogP contribution in [0.4, 0.5) is 0 Å². The number of aromatic carboxylic acids is 1. The van der Waals surface area contributed by atoms with Crippen LogP contribution in [0.1, 0.15) is 22.5 Å². The lowest BCUT2D eigenvalue weighted by Crippen LogP contribution is -2.22. The van der Waals surface area contributed by atoms with Crippen molar-refractivity contribution in [1.29, 1.82) is 0 Å². The molecule has 0 radical (unpaired) electrons. The van der Waals surface area contributed by atoms with Crippen LogP contribution in [0.25, 0.3) is 0 Å². The summed E-state index contributed by atoms with van der Waals surface area (Å²) < 4.78 is 10.4. The van der Waals surface area contributed by atoms with Crippen molar-refractivity contribution in [2.75, 3.05) is 19.8 Å². The van der Waals surface area contributed by atoms with Crippen LogP contribution >= 0.6 is 0 Å². The fourth-order valence-electron chi connectivity index (χ4n) is 1.73. The molecule has 0 aliphatic carbocycles. The molecule has 1 aliphatic rings. The zero-order chi connectivity index (χ0) is 11.4. The Kier molecular flexibility index (Phi) is 3.58. The maximum Gasteiger partial charge on any atom is 0.338 e. The van der Waals surface area contributed by atoms with Gasteiger partial charge in [0.05, 0.1) is 18.7 Å². The van der Waals surface area contributed by atoms with Gasteiger partial charge in [-0.3, -0.25) is 0 Å². The van der Waals surface area contributed by atoms with Gasteiger partial charge in [-0.2, -0.15) is 0 Å². The number of nitrogens with one attached hydrogen (secondary N) is 1. The van der Waals surface area contributed by atoms with E-state index in [9.17, 15) is 4.79 Å². The predicted molar refractivity (Wildman–Crippen MR) is 56.3 cm³/mol. The topological polar surface area (TPSA) is 71.7 Å². The molecule has 1 fully saturated rings. The van der Waals surface area contributed by atoms with Crippen molar-refractivity contribution < 1.29 is 19.1 Å². The number of hydrogen-bond donors (Lipinski definition) is 2. The summed E-state index contributed by atoms with van der Waals surface area (Å²) in [6.45, 7) is 3.09. The largest absolute Gasteiger partial charge is 0.478 e. The van der Waals surface area contributed by atoms with E-state index in [0.29, 0.717) is 18.2 Å². The van der Waals surface area contributed by atoms with Gasteiger partial charge in [0.1, 0.15) is 12.0 Å². The van der Waals surface area contributed by atoms with E-state index in [1.54, 1.807) is 6.07 Å². The lowest BCUT2D eigenvalue weighted by atomic mass is 10.1. The van der Waals surface area contributed by atoms with Crippen molar-refractivity contribution in [1.82, 2.24) is 5.32 Å². The molecule has 16 heavy (non-hydrogen) atoms. The molecule has 88 valence electrons. The van der Waals surface area contributed by atoms with Gasteiger partial charge in [-0.15, -0.1) is 0 Å². The molecule has 1 unspecified atom stereocenters. The molecule has 5 nitrogen and oxygen atoms in total. The third kappa shape index (κ3) is 2.84. The van der Waals surface area contributed by atoms with E-state index in [1.807, 2.05) is 0 Å². The summed E-state index contributed by atoms with van der Waals surface area (Å²) in [5.74, 6) is 0.254. The number of hydrogen-bond acceptors (Lipinski definition) is 4. The molecule has 2 N–H and O–H groups in total.